The summed E-state index contributed by atoms with van der Waals surface area (Å²) in [4.78, 5) is 0. The zero-order valence-corrected chi connectivity index (χ0v) is 10.1. The molecule has 1 radical (unpaired) electrons. The fourth-order valence-electron chi connectivity index (χ4n) is 1.68. The summed E-state index contributed by atoms with van der Waals surface area (Å²) in [6.45, 7) is 12.8. The molecule has 0 heterocycles. The molecular formula is C13H20N. The summed E-state index contributed by atoms with van der Waals surface area (Å²) in [7, 11) is 0. The first kappa shape index (κ1) is 11.1. The molecule has 77 valence electrons. The Labute approximate surface area is 87.5 Å². The first-order chi connectivity index (χ1) is 6.29. The van der Waals surface area contributed by atoms with E-state index in [4.69, 9.17) is 5.32 Å². The maximum absolute atomic E-state index is 4.73. The third kappa shape index (κ3) is 2.76. The van der Waals surface area contributed by atoms with Gasteiger partial charge in [0, 0.05) is 0 Å². The van der Waals surface area contributed by atoms with Crippen molar-refractivity contribution in [1.29, 1.82) is 0 Å². The molecule has 0 bridgehead atoms. The van der Waals surface area contributed by atoms with Crippen LogP contribution in [-0.2, 0) is 0 Å². The quantitative estimate of drug-likeness (QED) is 0.642. The monoisotopic (exact) mass is 190 g/mol. The first-order valence-electron chi connectivity index (χ1n) is 5.10. The Morgan fingerprint density at radius 1 is 0.929 bits per heavy atom. The fraction of sp³-hybridized carbons (Fsp3) is 0.538. The van der Waals surface area contributed by atoms with Gasteiger partial charge in [-0.25, -0.2) is 0 Å². The lowest BCUT2D eigenvalue weighted by atomic mass is 10.0. The van der Waals surface area contributed by atoms with Crippen molar-refractivity contribution < 1.29 is 0 Å². The van der Waals surface area contributed by atoms with Crippen molar-refractivity contribution in [3.8, 4) is 0 Å². The molecule has 0 saturated heterocycles. The highest BCUT2D eigenvalue weighted by Crippen LogP contribution is 2.25. The average molecular weight is 190 g/mol. The van der Waals surface area contributed by atoms with Gasteiger partial charge < -0.3 is 0 Å². The molecule has 14 heavy (non-hydrogen) atoms. The Kier molecular flexibility index (Phi) is 2.89. The van der Waals surface area contributed by atoms with Crippen LogP contribution in [0.25, 0.3) is 0 Å². The lowest BCUT2D eigenvalue weighted by molar-refractivity contribution is 0.486. The van der Waals surface area contributed by atoms with Crippen molar-refractivity contribution in [3.63, 3.8) is 0 Å². The fourth-order valence-corrected chi connectivity index (χ4v) is 1.68. The van der Waals surface area contributed by atoms with Gasteiger partial charge in [-0.2, -0.15) is 0 Å². The van der Waals surface area contributed by atoms with Crippen LogP contribution in [0.2, 0.25) is 0 Å². The first-order valence-corrected chi connectivity index (χ1v) is 5.10. The minimum absolute atomic E-state index is 0.00474. The van der Waals surface area contributed by atoms with Crippen molar-refractivity contribution in [2.75, 3.05) is 0 Å². The molecule has 0 aliphatic rings. The Balaban J connectivity index is 3.09. The van der Waals surface area contributed by atoms with Gasteiger partial charge in [-0.1, -0.05) is 17.7 Å². The number of rotatable bonds is 1. The molecule has 0 aromatic heterocycles. The molecule has 1 aromatic rings. The molecule has 0 fully saturated rings. The van der Waals surface area contributed by atoms with E-state index >= 15 is 0 Å². The van der Waals surface area contributed by atoms with E-state index in [1.54, 1.807) is 0 Å². The van der Waals surface area contributed by atoms with Crippen LogP contribution in [0.5, 0.6) is 0 Å². The topological polar surface area (TPSA) is 14.1 Å². The second-order valence-electron chi connectivity index (χ2n) is 5.03. The summed E-state index contributed by atoms with van der Waals surface area (Å²) in [6.07, 6.45) is 0. The summed E-state index contributed by atoms with van der Waals surface area (Å²) in [6, 6.07) is 4.38. The maximum Gasteiger partial charge on any atom is 0.0639 e. The highest BCUT2D eigenvalue weighted by molar-refractivity contribution is 5.53. The Hall–Kier alpha value is -0.980. The zero-order chi connectivity index (χ0) is 10.9. The summed E-state index contributed by atoms with van der Waals surface area (Å²) in [5, 5.41) is 4.73. The Bertz CT molecular complexity index is 309. The van der Waals surface area contributed by atoms with Gasteiger partial charge in [0.2, 0.25) is 0 Å². The third-order valence-electron chi connectivity index (χ3n) is 2.08. The standard InChI is InChI=1S/C13H20N/c1-9-7-10(2)12(11(3)8-9)14-13(4,5)6/h7-8H,1-6H3. The normalized spacial score (nSPS) is 11.6. The van der Waals surface area contributed by atoms with Crippen LogP contribution in [-0.4, -0.2) is 5.54 Å². The molecule has 0 atom stereocenters. The molecule has 1 rings (SSSR count). The van der Waals surface area contributed by atoms with Crippen molar-refractivity contribution in [2.45, 2.75) is 47.1 Å². The van der Waals surface area contributed by atoms with Gasteiger partial charge in [-0.05, 0) is 52.7 Å². The predicted octanol–water partition coefficient (Wildman–Crippen LogP) is 3.65. The lowest BCUT2D eigenvalue weighted by Gasteiger charge is -2.22. The smallest absolute Gasteiger partial charge is 0.0639 e. The molecule has 0 aliphatic carbocycles. The summed E-state index contributed by atoms with van der Waals surface area (Å²) < 4.78 is 0. The minimum Gasteiger partial charge on any atom is -0.279 e. The van der Waals surface area contributed by atoms with Gasteiger partial charge in [0.1, 0.15) is 0 Å². The van der Waals surface area contributed by atoms with Crippen molar-refractivity contribution in [2.24, 2.45) is 0 Å². The number of hydrogen-bond acceptors (Lipinski definition) is 0. The molecular weight excluding hydrogens is 170 g/mol. The lowest BCUT2D eigenvalue weighted by Crippen LogP contribution is -2.26. The van der Waals surface area contributed by atoms with Crippen LogP contribution < -0.4 is 5.32 Å². The highest BCUT2D eigenvalue weighted by Gasteiger charge is 2.15. The van der Waals surface area contributed by atoms with Crippen molar-refractivity contribution in [1.82, 2.24) is 5.32 Å². The summed E-state index contributed by atoms with van der Waals surface area (Å²) >= 11 is 0. The van der Waals surface area contributed by atoms with Gasteiger partial charge in [-0.3, -0.25) is 5.32 Å². The predicted molar refractivity (Wildman–Crippen MR) is 62.2 cm³/mol. The Morgan fingerprint density at radius 3 is 1.71 bits per heavy atom. The largest absolute Gasteiger partial charge is 0.279 e. The average Bonchev–Trinajstić information content (AvgIpc) is 1.95. The van der Waals surface area contributed by atoms with E-state index in [2.05, 4.69) is 53.7 Å². The van der Waals surface area contributed by atoms with E-state index in [1.165, 1.54) is 16.7 Å². The van der Waals surface area contributed by atoms with Crippen LogP contribution >= 0.6 is 0 Å². The molecule has 0 spiro atoms. The van der Waals surface area contributed by atoms with E-state index in [0.29, 0.717) is 0 Å². The third-order valence-corrected chi connectivity index (χ3v) is 2.08. The molecule has 1 nitrogen and oxygen atoms in total. The van der Waals surface area contributed by atoms with Crippen molar-refractivity contribution >= 4 is 5.69 Å². The van der Waals surface area contributed by atoms with Gasteiger partial charge in [0.15, 0.2) is 0 Å². The summed E-state index contributed by atoms with van der Waals surface area (Å²) in [5.74, 6) is 0. The van der Waals surface area contributed by atoms with Gasteiger partial charge in [0.05, 0.1) is 11.2 Å². The van der Waals surface area contributed by atoms with Gasteiger partial charge in [-0.15, -0.1) is 0 Å². The van der Waals surface area contributed by atoms with E-state index < -0.39 is 0 Å². The number of benzene rings is 1. The molecule has 1 heteroatoms. The summed E-state index contributed by atoms with van der Waals surface area (Å²) in [5.41, 5.74) is 5.02. The zero-order valence-electron chi connectivity index (χ0n) is 10.1. The molecule has 0 aliphatic heterocycles. The van der Waals surface area contributed by atoms with Gasteiger partial charge >= 0.3 is 0 Å². The number of nitrogens with zero attached hydrogens (tertiary/aromatic N) is 1. The van der Waals surface area contributed by atoms with Gasteiger partial charge in [0.25, 0.3) is 0 Å². The minimum atomic E-state index is 0.00474. The van der Waals surface area contributed by atoms with E-state index in [9.17, 15) is 0 Å². The van der Waals surface area contributed by atoms with E-state index in [0.717, 1.165) is 5.69 Å². The van der Waals surface area contributed by atoms with Crippen LogP contribution in [0, 0.1) is 20.8 Å². The van der Waals surface area contributed by atoms with Crippen LogP contribution in [0.15, 0.2) is 12.1 Å². The molecule has 0 amide bonds. The van der Waals surface area contributed by atoms with Crippen molar-refractivity contribution in [3.05, 3.63) is 28.8 Å². The molecule has 0 saturated carbocycles. The van der Waals surface area contributed by atoms with Crippen LogP contribution in [0.1, 0.15) is 37.5 Å². The molecule has 0 unspecified atom stereocenters. The highest BCUT2D eigenvalue weighted by atomic mass is 15.0. The number of hydrogen-bond donors (Lipinski definition) is 0. The number of aryl methyl sites for hydroxylation is 3. The Morgan fingerprint density at radius 2 is 1.36 bits per heavy atom. The molecule has 0 N–H and O–H groups in total. The SMILES string of the molecule is Cc1cc(C)c([N]C(C)(C)C)c(C)c1. The van der Waals surface area contributed by atoms with E-state index in [1.807, 2.05) is 0 Å². The van der Waals surface area contributed by atoms with Crippen LogP contribution in [0.3, 0.4) is 0 Å². The second-order valence-corrected chi connectivity index (χ2v) is 5.03. The van der Waals surface area contributed by atoms with E-state index in [-0.39, 0.29) is 5.54 Å². The maximum atomic E-state index is 4.73. The van der Waals surface area contributed by atoms with Crippen LogP contribution in [0.4, 0.5) is 5.69 Å². The second kappa shape index (κ2) is 3.64. The molecule has 1 aromatic carbocycles.